The highest BCUT2D eigenvalue weighted by Crippen LogP contribution is 2.29. The summed E-state index contributed by atoms with van der Waals surface area (Å²) in [6.45, 7) is 0. The summed E-state index contributed by atoms with van der Waals surface area (Å²) in [6.07, 6.45) is 1.22. The van der Waals surface area contributed by atoms with Gasteiger partial charge in [0.05, 0.1) is 11.9 Å². The van der Waals surface area contributed by atoms with Gasteiger partial charge in [-0.05, 0) is 35.9 Å². The minimum Gasteiger partial charge on any atom is -0.368 e. The number of carbonyl (C=O) groups is 1. The maximum absolute atomic E-state index is 12.8. The summed E-state index contributed by atoms with van der Waals surface area (Å²) in [5.74, 6) is -0.357. The highest BCUT2D eigenvalue weighted by Gasteiger charge is 2.19. The van der Waals surface area contributed by atoms with E-state index in [9.17, 15) is 13.2 Å². The van der Waals surface area contributed by atoms with Crippen molar-refractivity contribution in [3.63, 3.8) is 0 Å². The quantitative estimate of drug-likeness (QED) is 0.338. The Morgan fingerprint density at radius 1 is 1.17 bits per heavy atom. The number of benzene rings is 2. The fraction of sp³-hybridized carbons (Fsp3) is 0.150. The fourth-order valence-electron chi connectivity index (χ4n) is 2.69. The molecule has 0 aliphatic heterocycles. The third-order valence-corrected chi connectivity index (χ3v) is 5.87. The number of nitrogens with one attached hydrogen (secondary N) is 1. The van der Waals surface area contributed by atoms with E-state index in [1.165, 1.54) is 23.4 Å². The molecule has 0 bridgehead atoms. The average Bonchev–Trinajstić information content (AvgIpc) is 2.67. The van der Waals surface area contributed by atoms with Gasteiger partial charge >= 0.3 is 0 Å². The smallest absolute Gasteiger partial charge is 0.284 e. The highest BCUT2D eigenvalue weighted by atomic mass is 35.5. The number of sulfonamides is 1. The summed E-state index contributed by atoms with van der Waals surface area (Å²) in [7, 11) is -0.733. The van der Waals surface area contributed by atoms with Crippen LogP contribution in [0.2, 0.25) is 10.2 Å². The second kappa shape index (κ2) is 8.99. The number of nitrogens with zero attached hydrogens (tertiary/aromatic N) is 3. The first-order valence-electron chi connectivity index (χ1n) is 8.76. The zero-order valence-electron chi connectivity index (χ0n) is 16.1. The van der Waals surface area contributed by atoms with Gasteiger partial charge in [-0.2, -0.15) is 8.42 Å². The van der Waals surface area contributed by atoms with Gasteiger partial charge in [0, 0.05) is 30.2 Å². The van der Waals surface area contributed by atoms with E-state index in [2.05, 4.69) is 14.7 Å². The Balaban J connectivity index is 2.01. The molecule has 0 radical (unpaired) electrons. The molecule has 0 unspecified atom stereocenters. The van der Waals surface area contributed by atoms with E-state index in [4.69, 9.17) is 23.2 Å². The molecular formula is C20H18Cl2N4O3S. The average molecular weight is 465 g/mol. The van der Waals surface area contributed by atoms with Crippen molar-refractivity contribution in [3.05, 3.63) is 64.3 Å². The molecule has 30 heavy (non-hydrogen) atoms. The Morgan fingerprint density at radius 3 is 2.60 bits per heavy atom. The van der Waals surface area contributed by atoms with E-state index in [1.807, 2.05) is 0 Å². The van der Waals surface area contributed by atoms with Gasteiger partial charge in [-0.25, -0.2) is 4.98 Å². The standard InChI is InChI=1S/C20H18Cl2N4O3S/c1-26(2)12-23-30(28,29)18-11-14(10-17-15(18)7-8-19(22)25-17)24-20(27)9-13-5-3-4-6-16(13)21/h3-8,10-12H,9H2,1-2H3,(H,24,27). The van der Waals surface area contributed by atoms with E-state index in [1.54, 1.807) is 50.5 Å². The first kappa shape index (κ1) is 22.0. The van der Waals surface area contributed by atoms with Crippen LogP contribution >= 0.6 is 23.2 Å². The second-order valence-corrected chi connectivity index (χ2v) is 9.05. The second-order valence-electron chi connectivity index (χ2n) is 6.65. The topological polar surface area (TPSA) is 91.7 Å². The van der Waals surface area contributed by atoms with Gasteiger partial charge in [0.2, 0.25) is 5.91 Å². The highest BCUT2D eigenvalue weighted by molar-refractivity contribution is 7.90. The van der Waals surface area contributed by atoms with Crippen LogP contribution in [-0.4, -0.2) is 44.6 Å². The maximum Gasteiger partial charge on any atom is 0.284 e. The minimum absolute atomic E-state index is 0.0293. The van der Waals surface area contributed by atoms with Crippen LogP contribution in [0.4, 0.5) is 5.69 Å². The molecule has 2 aromatic carbocycles. The number of carbonyl (C=O) groups excluding carboxylic acids is 1. The Bertz CT molecular complexity index is 1240. The number of amides is 1. The van der Waals surface area contributed by atoms with E-state index in [-0.39, 0.29) is 28.1 Å². The van der Waals surface area contributed by atoms with Gasteiger partial charge < -0.3 is 10.2 Å². The molecule has 0 aliphatic rings. The number of halogens is 2. The van der Waals surface area contributed by atoms with E-state index in [0.717, 1.165) is 0 Å². The summed E-state index contributed by atoms with van der Waals surface area (Å²) in [4.78, 5) is 18.1. The number of hydrogen-bond donors (Lipinski definition) is 1. The van der Waals surface area contributed by atoms with Crippen molar-refractivity contribution in [2.24, 2.45) is 4.40 Å². The number of rotatable bonds is 6. The Hall–Kier alpha value is -2.68. The van der Waals surface area contributed by atoms with Gasteiger partial charge in [-0.1, -0.05) is 41.4 Å². The SMILES string of the molecule is CN(C)C=NS(=O)(=O)c1cc(NC(=O)Cc2ccccc2Cl)cc2nc(Cl)ccc12. The number of aromatic nitrogens is 1. The molecule has 3 rings (SSSR count). The van der Waals surface area contributed by atoms with Gasteiger partial charge in [-0.3, -0.25) is 4.79 Å². The van der Waals surface area contributed by atoms with E-state index < -0.39 is 10.0 Å². The number of anilines is 1. The Labute approximate surface area is 184 Å². The first-order valence-corrected chi connectivity index (χ1v) is 11.0. The van der Waals surface area contributed by atoms with Crippen molar-refractivity contribution in [2.45, 2.75) is 11.3 Å². The monoisotopic (exact) mass is 464 g/mol. The summed E-state index contributed by atoms with van der Waals surface area (Å²) in [5, 5.41) is 3.72. The predicted molar refractivity (Wildman–Crippen MR) is 120 cm³/mol. The van der Waals surface area contributed by atoms with Gasteiger partial charge in [0.25, 0.3) is 10.0 Å². The Kier molecular flexibility index (Phi) is 6.60. The molecule has 7 nitrogen and oxygen atoms in total. The van der Waals surface area contributed by atoms with Crippen molar-refractivity contribution in [1.29, 1.82) is 0 Å². The fourth-order valence-corrected chi connectivity index (χ4v) is 4.20. The molecule has 0 spiro atoms. The van der Waals surface area contributed by atoms with Crippen LogP contribution in [0.25, 0.3) is 10.9 Å². The van der Waals surface area contributed by atoms with Gasteiger partial charge in [-0.15, -0.1) is 4.40 Å². The number of pyridine rings is 1. The molecule has 156 valence electrons. The van der Waals surface area contributed by atoms with Crippen molar-refractivity contribution in [1.82, 2.24) is 9.88 Å². The van der Waals surface area contributed by atoms with E-state index in [0.29, 0.717) is 21.5 Å². The van der Waals surface area contributed by atoms with Crippen LogP contribution in [0.5, 0.6) is 0 Å². The lowest BCUT2D eigenvalue weighted by Crippen LogP contribution is -2.15. The molecule has 10 heteroatoms. The lowest BCUT2D eigenvalue weighted by Gasteiger charge is -2.11. The van der Waals surface area contributed by atoms with Crippen molar-refractivity contribution in [2.75, 3.05) is 19.4 Å². The van der Waals surface area contributed by atoms with Crippen molar-refractivity contribution >= 4 is 62.1 Å². The molecular weight excluding hydrogens is 447 g/mol. The zero-order chi connectivity index (χ0) is 21.9. The van der Waals surface area contributed by atoms with Crippen LogP contribution in [0.15, 0.2) is 57.8 Å². The van der Waals surface area contributed by atoms with Crippen LogP contribution < -0.4 is 5.32 Å². The molecule has 3 aromatic rings. The van der Waals surface area contributed by atoms with Crippen molar-refractivity contribution < 1.29 is 13.2 Å². The maximum atomic E-state index is 12.8. The molecule has 1 N–H and O–H groups in total. The normalized spacial score (nSPS) is 11.7. The minimum atomic E-state index is -4.05. The predicted octanol–water partition coefficient (Wildman–Crippen LogP) is 4.00. The molecule has 1 aromatic heterocycles. The molecule has 0 atom stereocenters. The van der Waals surface area contributed by atoms with Gasteiger partial charge in [0.1, 0.15) is 16.4 Å². The largest absolute Gasteiger partial charge is 0.368 e. The summed E-state index contributed by atoms with van der Waals surface area (Å²) < 4.78 is 29.3. The zero-order valence-corrected chi connectivity index (χ0v) is 18.5. The third kappa shape index (κ3) is 5.27. The summed E-state index contributed by atoms with van der Waals surface area (Å²) in [5.41, 5.74) is 1.23. The first-order chi connectivity index (χ1) is 14.2. The molecule has 0 aliphatic carbocycles. The third-order valence-electron chi connectivity index (χ3n) is 4.02. The lowest BCUT2D eigenvalue weighted by atomic mass is 10.1. The van der Waals surface area contributed by atoms with Crippen LogP contribution in [0, 0.1) is 0 Å². The summed E-state index contributed by atoms with van der Waals surface area (Å²) in [6, 6.07) is 12.9. The van der Waals surface area contributed by atoms with Gasteiger partial charge in [0.15, 0.2) is 0 Å². The molecule has 1 amide bonds. The molecule has 0 fully saturated rings. The molecule has 0 saturated heterocycles. The Morgan fingerprint density at radius 2 is 1.90 bits per heavy atom. The van der Waals surface area contributed by atoms with Crippen LogP contribution in [-0.2, 0) is 21.2 Å². The number of fused-ring (bicyclic) bond motifs is 1. The van der Waals surface area contributed by atoms with Crippen LogP contribution in [0.3, 0.4) is 0 Å². The number of hydrogen-bond acceptors (Lipinski definition) is 4. The van der Waals surface area contributed by atoms with E-state index >= 15 is 0 Å². The van der Waals surface area contributed by atoms with Crippen molar-refractivity contribution in [3.8, 4) is 0 Å². The summed E-state index contributed by atoms with van der Waals surface area (Å²) >= 11 is 12.1. The van der Waals surface area contributed by atoms with Crippen LogP contribution in [0.1, 0.15) is 5.56 Å². The molecule has 0 saturated carbocycles. The lowest BCUT2D eigenvalue weighted by molar-refractivity contribution is -0.115. The molecule has 1 heterocycles.